The second-order valence-corrected chi connectivity index (χ2v) is 6.38. The molecule has 2 atom stereocenters. The molecule has 0 aliphatic heterocycles. The predicted octanol–water partition coefficient (Wildman–Crippen LogP) is 2.33. The van der Waals surface area contributed by atoms with Crippen molar-refractivity contribution < 1.29 is 14.7 Å². The van der Waals surface area contributed by atoms with Crippen molar-refractivity contribution >= 4 is 11.9 Å². The summed E-state index contributed by atoms with van der Waals surface area (Å²) in [6.07, 6.45) is 1.64. The molecule has 1 aromatic rings. The lowest BCUT2D eigenvalue weighted by Crippen LogP contribution is -2.48. The van der Waals surface area contributed by atoms with Crippen LogP contribution >= 0.6 is 0 Å². The summed E-state index contributed by atoms with van der Waals surface area (Å²) in [4.78, 5) is 23.6. The molecule has 0 fully saturated rings. The molecular formula is C16H21NO3. The van der Waals surface area contributed by atoms with Crippen LogP contribution in [0.3, 0.4) is 0 Å². The number of carbonyl (C=O) groups is 2. The third kappa shape index (κ3) is 2.84. The second-order valence-electron chi connectivity index (χ2n) is 6.38. The van der Waals surface area contributed by atoms with Crippen molar-refractivity contribution in [1.82, 2.24) is 5.32 Å². The third-order valence-electron chi connectivity index (χ3n) is 3.82. The predicted molar refractivity (Wildman–Crippen MR) is 76.5 cm³/mol. The number of rotatable bonds is 3. The molecule has 0 spiro atoms. The number of amides is 1. The van der Waals surface area contributed by atoms with Crippen LogP contribution in [0.25, 0.3) is 0 Å². The van der Waals surface area contributed by atoms with Gasteiger partial charge in [0, 0.05) is 11.3 Å². The Balaban J connectivity index is 2.23. The van der Waals surface area contributed by atoms with Crippen molar-refractivity contribution in [3.8, 4) is 0 Å². The van der Waals surface area contributed by atoms with Gasteiger partial charge in [-0.15, -0.1) is 0 Å². The average molecular weight is 275 g/mol. The van der Waals surface area contributed by atoms with E-state index in [-0.39, 0.29) is 11.8 Å². The van der Waals surface area contributed by atoms with Gasteiger partial charge in [-0.3, -0.25) is 4.79 Å². The lowest BCUT2D eigenvalue weighted by atomic mass is 9.90. The molecule has 1 aliphatic rings. The molecule has 0 bridgehead atoms. The summed E-state index contributed by atoms with van der Waals surface area (Å²) in [7, 11) is 0. The highest BCUT2D eigenvalue weighted by atomic mass is 16.4. The summed E-state index contributed by atoms with van der Waals surface area (Å²) in [6.45, 7) is 5.34. The largest absolute Gasteiger partial charge is 0.480 e. The molecule has 4 heteroatoms. The first-order valence-electron chi connectivity index (χ1n) is 6.92. The molecule has 1 aromatic carbocycles. The van der Waals surface area contributed by atoms with Gasteiger partial charge in [0.1, 0.15) is 6.04 Å². The Morgan fingerprint density at radius 2 is 1.95 bits per heavy atom. The first kappa shape index (κ1) is 14.6. The molecule has 0 heterocycles. The van der Waals surface area contributed by atoms with E-state index in [0.29, 0.717) is 0 Å². The van der Waals surface area contributed by atoms with Gasteiger partial charge in [0.25, 0.3) is 0 Å². The van der Waals surface area contributed by atoms with Crippen LogP contribution in [0.5, 0.6) is 0 Å². The highest BCUT2D eigenvalue weighted by molar-refractivity contribution is 5.87. The van der Waals surface area contributed by atoms with E-state index in [1.54, 1.807) is 20.8 Å². The Labute approximate surface area is 119 Å². The number of aryl methyl sites for hydroxylation is 1. The van der Waals surface area contributed by atoms with Crippen molar-refractivity contribution in [1.29, 1.82) is 0 Å². The molecule has 1 amide bonds. The first-order valence-corrected chi connectivity index (χ1v) is 6.92. The molecular weight excluding hydrogens is 254 g/mol. The number of hydrogen-bond acceptors (Lipinski definition) is 2. The quantitative estimate of drug-likeness (QED) is 0.889. The van der Waals surface area contributed by atoms with Crippen LogP contribution in [-0.4, -0.2) is 23.0 Å². The molecule has 4 nitrogen and oxygen atoms in total. The zero-order chi connectivity index (χ0) is 14.9. The van der Waals surface area contributed by atoms with Crippen LogP contribution in [-0.2, 0) is 16.0 Å². The van der Waals surface area contributed by atoms with E-state index in [4.69, 9.17) is 0 Å². The van der Waals surface area contributed by atoms with Crippen molar-refractivity contribution in [2.45, 2.75) is 45.6 Å². The van der Waals surface area contributed by atoms with Gasteiger partial charge in [0.15, 0.2) is 0 Å². The van der Waals surface area contributed by atoms with Crippen LogP contribution in [0.2, 0.25) is 0 Å². The molecule has 2 N–H and O–H groups in total. The van der Waals surface area contributed by atoms with E-state index in [1.165, 1.54) is 5.56 Å². The van der Waals surface area contributed by atoms with Gasteiger partial charge in [-0.1, -0.05) is 45.0 Å². The normalized spacial score (nSPS) is 19.2. The summed E-state index contributed by atoms with van der Waals surface area (Å²) < 4.78 is 0. The smallest absolute Gasteiger partial charge is 0.326 e. The number of aliphatic carboxylic acids is 1. The van der Waals surface area contributed by atoms with Crippen LogP contribution in [0, 0.1) is 5.41 Å². The van der Waals surface area contributed by atoms with Crippen molar-refractivity contribution in [3.05, 3.63) is 35.4 Å². The Bertz CT molecular complexity index is 531. The number of nitrogens with one attached hydrogen (secondary N) is 1. The maximum atomic E-state index is 12.1. The standard InChI is InChI=1S/C16H21NO3/c1-16(2,3)15(20)17-13(14(18)19)12-9-8-10-6-4-5-7-11(10)12/h4-7,12-13H,8-9H2,1-3H3,(H,17,20)(H,18,19)/t12-,13-/m0/s1. The fraction of sp³-hybridized carbons (Fsp3) is 0.500. The first-order chi connectivity index (χ1) is 9.30. The average Bonchev–Trinajstić information content (AvgIpc) is 2.77. The van der Waals surface area contributed by atoms with Gasteiger partial charge in [-0.05, 0) is 24.0 Å². The fourth-order valence-electron chi connectivity index (χ4n) is 2.63. The minimum Gasteiger partial charge on any atom is -0.480 e. The molecule has 0 saturated heterocycles. The number of benzene rings is 1. The second kappa shape index (κ2) is 5.27. The Morgan fingerprint density at radius 1 is 1.30 bits per heavy atom. The maximum absolute atomic E-state index is 12.1. The van der Waals surface area contributed by atoms with Crippen molar-refractivity contribution in [2.75, 3.05) is 0 Å². The van der Waals surface area contributed by atoms with Crippen molar-refractivity contribution in [2.24, 2.45) is 5.41 Å². The Kier molecular flexibility index (Phi) is 3.84. The van der Waals surface area contributed by atoms with E-state index in [9.17, 15) is 14.7 Å². The summed E-state index contributed by atoms with van der Waals surface area (Å²) in [5, 5.41) is 12.2. The summed E-state index contributed by atoms with van der Waals surface area (Å²) >= 11 is 0. The zero-order valence-electron chi connectivity index (χ0n) is 12.1. The monoisotopic (exact) mass is 275 g/mol. The van der Waals surface area contributed by atoms with Gasteiger partial charge in [0.2, 0.25) is 5.91 Å². The van der Waals surface area contributed by atoms with E-state index >= 15 is 0 Å². The van der Waals surface area contributed by atoms with Gasteiger partial charge in [-0.2, -0.15) is 0 Å². The molecule has 2 rings (SSSR count). The highest BCUT2D eigenvalue weighted by Gasteiger charge is 2.37. The van der Waals surface area contributed by atoms with Gasteiger partial charge in [-0.25, -0.2) is 4.79 Å². The number of carboxylic acids is 1. The van der Waals surface area contributed by atoms with Crippen LogP contribution in [0.15, 0.2) is 24.3 Å². The number of hydrogen-bond donors (Lipinski definition) is 2. The summed E-state index contributed by atoms with van der Waals surface area (Å²) in [5.41, 5.74) is 1.65. The fourth-order valence-corrected chi connectivity index (χ4v) is 2.63. The number of carbonyl (C=O) groups excluding carboxylic acids is 1. The molecule has 0 aromatic heterocycles. The molecule has 0 saturated carbocycles. The number of fused-ring (bicyclic) bond motifs is 1. The SMILES string of the molecule is CC(C)(C)C(=O)N[C@H](C(=O)O)[C@H]1CCc2ccccc21. The van der Waals surface area contributed by atoms with Gasteiger partial charge < -0.3 is 10.4 Å². The van der Waals surface area contributed by atoms with Crippen LogP contribution in [0.4, 0.5) is 0 Å². The molecule has 20 heavy (non-hydrogen) atoms. The Morgan fingerprint density at radius 3 is 2.55 bits per heavy atom. The number of carboxylic acid groups (broad SMARTS) is 1. The van der Waals surface area contributed by atoms with E-state index < -0.39 is 17.4 Å². The third-order valence-corrected chi connectivity index (χ3v) is 3.82. The minimum atomic E-state index is -0.968. The molecule has 108 valence electrons. The summed E-state index contributed by atoms with van der Waals surface area (Å²) in [6, 6.07) is 7.02. The summed E-state index contributed by atoms with van der Waals surface area (Å²) in [5.74, 6) is -1.34. The van der Waals surface area contributed by atoms with Gasteiger partial charge >= 0.3 is 5.97 Å². The maximum Gasteiger partial charge on any atom is 0.326 e. The lowest BCUT2D eigenvalue weighted by molar-refractivity contribution is -0.144. The molecule has 0 radical (unpaired) electrons. The van der Waals surface area contributed by atoms with E-state index in [2.05, 4.69) is 5.32 Å². The van der Waals surface area contributed by atoms with Gasteiger partial charge in [0.05, 0.1) is 0 Å². The van der Waals surface area contributed by atoms with E-state index in [0.717, 1.165) is 18.4 Å². The lowest BCUT2D eigenvalue weighted by Gasteiger charge is -2.26. The highest BCUT2D eigenvalue weighted by Crippen LogP contribution is 2.35. The van der Waals surface area contributed by atoms with E-state index in [1.807, 2.05) is 24.3 Å². The van der Waals surface area contributed by atoms with Crippen molar-refractivity contribution in [3.63, 3.8) is 0 Å². The zero-order valence-corrected chi connectivity index (χ0v) is 12.1. The molecule has 0 unspecified atom stereocenters. The Hall–Kier alpha value is -1.84. The van der Waals surface area contributed by atoms with Crippen LogP contribution in [0.1, 0.15) is 44.2 Å². The topological polar surface area (TPSA) is 66.4 Å². The van der Waals surface area contributed by atoms with Crippen LogP contribution < -0.4 is 5.32 Å². The molecule has 1 aliphatic carbocycles. The minimum absolute atomic E-state index is 0.144.